The van der Waals surface area contributed by atoms with E-state index in [9.17, 15) is 14.9 Å². The number of nitro groups is 1. The molecule has 0 saturated carbocycles. The zero-order chi connectivity index (χ0) is 23.5. The number of carbonyl (C=O) groups excluding carboxylic acids is 1. The fraction of sp³-hybridized carbons (Fsp3) is 0.200. The lowest BCUT2D eigenvalue weighted by Gasteiger charge is -2.27. The minimum atomic E-state index is -0.499. The van der Waals surface area contributed by atoms with Gasteiger partial charge in [0.05, 0.1) is 16.2 Å². The number of anilines is 1. The smallest absolute Gasteiger partial charge is 0.269 e. The lowest BCUT2D eigenvalue weighted by atomic mass is 10.1. The summed E-state index contributed by atoms with van der Waals surface area (Å²) in [5.41, 5.74) is 4.02. The molecule has 34 heavy (non-hydrogen) atoms. The van der Waals surface area contributed by atoms with Crippen LogP contribution in [0, 0.1) is 10.1 Å². The van der Waals surface area contributed by atoms with Crippen LogP contribution in [0.5, 0.6) is 0 Å². The summed E-state index contributed by atoms with van der Waals surface area (Å²) in [6.45, 7) is 4.69. The summed E-state index contributed by atoms with van der Waals surface area (Å²) in [5, 5.41) is 17.1. The Hall–Kier alpha value is -4.08. The molecule has 1 aromatic heterocycles. The van der Waals surface area contributed by atoms with Crippen LogP contribution < -0.4 is 10.6 Å². The number of piperazine rings is 1. The maximum Gasteiger partial charge on any atom is 0.269 e. The summed E-state index contributed by atoms with van der Waals surface area (Å²) < 4.78 is 6.22. The lowest BCUT2D eigenvalue weighted by Crippen LogP contribution is -2.42. The number of rotatable bonds is 6. The molecule has 0 spiro atoms. The molecule has 0 radical (unpaired) electrons. The van der Waals surface area contributed by atoms with Gasteiger partial charge in [-0.05, 0) is 30.3 Å². The number of para-hydroxylation sites is 2. The van der Waals surface area contributed by atoms with E-state index in [1.165, 1.54) is 24.3 Å². The number of nitrogens with one attached hydrogen (secondary N) is 2. The average molecular weight is 457 g/mol. The van der Waals surface area contributed by atoms with E-state index in [4.69, 9.17) is 4.42 Å². The Labute approximate surface area is 195 Å². The van der Waals surface area contributed by atoms with E-state index in [1.54, 1.807) is 6.07 Å². The first-order chi connectivity index (χ1) is 16.6. The van der Waals surface area contributed by atoms with Gasteiger partial charge in [0.25, 0.3) is 11.6 Å². The van der Waals surface area contributed by atoms with Crippen LogP contribution in [0.1, 0.15) is 15.9 Å². The van der Waals surface area contributed by atoms with Crippen molar-refractivity contribution in [2.24, 2.45) is 0 Å². The van der Waals surface area contributed by atoms with E-state index in [1.807, 2.05) is 30.3 Å². The van der Waals surface area contributed by atoms with Gasteiger partial charge >= 0.3 is 0 Å². The first-order valence-electron chi connectivity index (χ1n) is 11.1. The summed E-state index contributed by atoms with van der Waals surface area (Å²) in [7, 11) is 0. The molecule has 0 atom stereocenters. The maximum atomic E-state index is 12.8. The van der Waals surface area contributed by atoms with E-state index in [-0.39, 0.29) is 11.6 Å². The molecule has 172 valence electrons. The number of hydrogen-bond donors (Lipinski definition) is 2. The number of carbonyl (C=O) groups is 1. The normalized spacial score (nSPS) is 14.2. The molecular formula is C25H23N5O4. The highest BCUT2D eigenvalue weighted by atomic mass is 16.6. The van der Waals surface area contributed by atoms with Crippen molar-refractivity contribution in [3.63, 3.8) is 0 Å². The topological polar surface area (TPSA) is 114 Å². The standard InChI is InChI=1S/C25H23N5O4/c31-24(17-8-10-19(11-9-17)30(32)33)27-21-6-2-1-5-20(21)25-28-22-7-3-4-18(23(22)34-25)16-29-14-12-26-13-15-29/h1-11,26H,12-16H2,(H,27,31). The number of nitro benzene ring substituents is 1. The Balaban J connectivity index is 1.42. The molecule has 0 unspecified atom stereocenters. The van der Waals surface area contributed by atoms with Crippen molar-refractivity contribution in [1.82, 2.24) is 15.2 Å². The Kier molecular flexibility index (Phi) is 6.03. The zero-order valence-corrected chi connectivity index (χ0v) is 18.4. The maximum absolute atomic E-state index is 12.8. The van der Waals surface area contributed by atoms with Gasteiger partial charge in [-0.2, -0.15) is 0 Å². The van der Waals surface area contributed by atoms with E-state index in [2.05, 4.69) is 26.6 Å². The van der Waals surface area contributed by atoms with E-state index >= 15 is 0 Å². The van der Waals surface area contributed by atoms with Crippen LogP contribution in [0.3, 0.4) is 0 Å². The number of non-ortho nitro benzene ring substituents is 1. The van der Waals surface area contributed by atoms with Crippen molar-refractivity contribution in [3.8, 4) is 11.5 Å². The Bertz CT molecular complexity index is 1340. The van der Waals surface area contributed by atoms with Gasteiger partial charge in [-0.15, -0.1) is 0 Å². The van der Waals surface area contributed by atoms with Crippen molar-refractivity contribution in [1.29, 1.82) is 0 Å². The fourth-order valence-corrected chi connectivity index (χ4v) is 4.06. The van der Waals surface area contributed by atoms with Crippen LogP contribution in [0.2, 0.25) is 0 Å². The van der Waals surface area contributed by atoms with Gasteiger partial charge in [-0.3, -0.25) is 19.8 Å². The van der Waals surface area contributed by atoms with Crippen LogP contribution in [-0.4, -0.2) is 46.9 Å². The molecule has 2 heterocycles. The molecule has 1 fully saturated rings. The lowest BCUT2D eigenvalue weighted by molar-refractivity contribution is -0.384. The van der Waals surface area contributed by atoms with Crippen LogP contribution in [0.4, 0.5) is 11.4 Å². The molecule has 1 aliphatic rings. The molecule has 5 rings (SSSR count). The predicted octanol–water partition coefficient (Wildman–Crippen LogP) is 4.06. The minimum absolute atomic E-state index is 0.0694. The van der Waals surface area contributed by atoms with Crippen LogP contribution in [0.15, 0.2) is 71.1 Å². The molecule has 1 amide bonds. The summed E-state index contributed by atoms with van der Waals surface area (Å²) in [6, 6.07) is 18.7. The van der Waals surface area contributed by atoms with Crippen molar-refractivity contribution in [3.05, 3.63) is 88.0 Å². The monoisotopic (exact) mass is 457 g/mol. The Morgan fingerprint density at radius 2 is 1.82 bits per heavy atom. The molecule has 0 bridgehead atoms. The third-order valence-corrected chi connectivity index (χ3v) is 5.85. The molecule has 1 aliphatic heterocycles. The van der Waals surface area contributed by atoms with E-state index in [0.29, 0.717) is 22.7 Å². The van der Waals surface area contributed by atoms with Crippen LogP contribution in [-0.2, 0) is 6.54 Å². The van der Waals surface area contributed by atoms with Gasteiger partial charge in [0.15, 0.2) is 5.58 Å². The van der Waals surface area contributed by atoms with Crippen molar-refractivity contribution in [2.45, 2.75) is 6.54 Å². The van der Waals surface area contributed by atoms with Gasteiger partial charge in [0.2, 0.25) is 5.89 Å². The molecular weight excluding hydrogens is 434 g/mol. The summed E-state index contributed by atoms with van der Waals surface area (Å²) >= 11 is 0. The second-order valence-corrected chi connectivity index (χ2v) is 8.11. The number of amides is 1. The highest BCUT2D eigenvalue weighted by Crippen LogP contribution is 2.32. The van der Waals surface area contributed by atoms with Gasteiger partial charge in [-0.1, -0.05) is 24.3 Å². The highest BCUT2D eigenvalue weighted by molar-refractivity contribution is 6.06. The molecule has 0 aliphatic carbocycles. The second kappa shape index (κ2) is 9.42. The Morgan fingerprint density at radius 1 is 1.06 bits per heavy atom. The van der Waals surface area contributed by atoms with E-state index < -0.39 is 4.92 Å². The molecule has 1 saturated heterocycles. The largest absolute Gasteiger partial charge is 0.436 e. The number of hydrogen-bond acceptors (Lipinski definition) is 7. The van der Waals surface area contributed by atoms with E-state index in [0.717, 1.165) is 49.4 Å². The number of aromatic nitrogens is 1. The first-order valence-corrected chi connectivity index (χ1v) is 11.1. The third kappa shape index (κ3) is 4.52. The van der Waals surface area contributed by atoms with Gasteiger partial charge < -0.3 is 15.1 Å². The molecule has 2 N–H and O–H groups in total. The van der Waals surface area contributed by atoms with Gasteiger partial charge in [-0.25, -0.2) is 4.98 Å². The third-order valence-electron chi connectivity index (χ3n) is 5.85. The van der Waals surface area contributed by atoms with Crippen molar-refractivity contribution < 1.29 is 14.1 Å². The van der Waals surface area contributed by atoms with Crippen molar-refractivity contribution in [2.75, 3.05) is 31.5 Å². The minimum Gasteiger partial charge on any atom is -0.436 e. The number of oxazole rings is 1. The summed E-state index contributed by atoms with van der Waals surface area (Å²) in [5.74, 6) is 0.0419. The first kappa shape index (κ1) is 21.7. The predicted molar refractivity (Wildman–Crippen MR) is 129 cm³/mol. The summed E-state index contributed by atoms with van der Waals surface area (Å²) in [6.07, 6.45) is 0. The highest BCUT2D eigenvalue weighted by Gasteiger charge is 2.18. The van der Waals surface area contributed by atoms with Crippen LogP contribution >= 0.6 is 0 Å². The molecule has 9 nitrogen and oxygen atoms in total. The molecule has 3 aromatic carbocycles. The Morgan fingerprint density at radius 3 is 2.59 bits per heavy atom. The summed E-state index contributed by atoms with van der Waals surface area (Å²) in [4.78, 5) is 30.2. The number of nitrogens with zero attached hydrogens (tertiary/aromatic N) is 3. The second-order valence-electron chi connectivity index (χ2n) is 8.11. The fourth-order valence-electron chi connectivity index (χ4n) is 4.06. The van der Waals surface area contributed by atoms with Gasteiger partial charge in [0, 0.05) is 56.0 Å². The quantitative estimate of drug-likeness (QED) is 0.332. The number of fused-ring (bicyclic) bond motifs is 1. The SMILES string of the molecule is O=C(Nc1ccccc1-c1nc2cccc(CN3CCNCC3)c2o1)c1ccc([N+](=O)[O-])cc1. The van der Waals surface area contributed by atoms with Crippen LogP contribution in [0.25, 0.3) is 22.6 Å². The zero-order valence-electron chi connectivity index (χ0n) is 18.4. The van der Waals surface area contributed by atoms with Crippen molar-refractivity contribution >= 4 is 28.4 Å². The van der Waals surface area contributed by atoms with Gasteiger partial charge in [0.1, 0.15) is 5.52 Å². The molecule has 4 aromatic rings. The number of benzene rings is 3. The molecule has 9 heteroatoms. The average Bonchev–Trinajstić information content (AvgIpc) is 3.30.